The molecule has 37 heteroatoms. The summed E-state index contributed by atoms with van der Waals surface area (Å²) >= 11 is 0. The molecule has 3 fully saturated rings. The molecule has 37 nitrogen and oxygen atoms in total. The molecule has 3 saturated heterocycles. The standard InChI is InChI=1S/C72H119N15O22/c1-9-10-11-12-13-14-15-16-17-18-19-21-47-32-55(97)81-57(40(5)88)67(103)77-39(4)63(99)79-49(30-44-23-25-45(92)26-24-44)64(100)80-50(38(2)3)36-86-35-46(93)31-51(86)65(101)83-59(42(7)90)69(105)84-60(43(8)91)71(107)87-29-27-52(94)62(87)70(106)85-61(53(95)33-54(74)96)66(102)76-34-56(98)82-58(41(6)89)68(104)78-48(72(108)109-47)22-20-28-75-37-73/h23-26,37-43,46-53,57-62,88-95H,9-22,27-36H2,1-8H3,(H2,73,75)(H2,74,96)(H,76,102)(H,77,103)(H,78,104)(H,79,99)(H,80,100)(H,81,97)(H,82,98)(H,83,101)(H,84,105)(H,85,106)/t39-,40?,41+,42?,43?,46-,47+,48?,49-,50+,51?,52-,53+,57-,58+,59-,60-,61-,62-/m0/s1. The van der Waals surface area contributed by atoms with Gasteiger partial charge in [-0.15, -0.1) is 0 Å². The molecule has 1 aromatic carbocycles. The number of nitrogens with zero attached hydrogens (tertiary/aromatic N) is 3. The summed E-state index contributed by atoms with van der Waals surface area (Å²) in [5.74, 6) is -15.0. The van der Waals surface area contributed by atoms with E-state index in [2.05, 4.69) is 65.1 Å². The summed E-state index contributed by atoms with van der Waals surface area (Å²) < 4.78 is 6.00. The zero-order valence-corrected chi connectivity index (χ0v) is 63.7. The maximum atomic E-state index is 14.6. The van der Waals surface area contributed by atoms with Crippen LogP contribution >= 0.6 is 0 Å². The van der Waals surface area contributed by atoms with Crippen molar-refractivity contribution in [1.82, 2.24) is 63.0 Å². The fourth-order valence-corrected chi connectivity index (χ4v) is 13.0. The van der Waals surface area contributed by atoms with Gasteiger partial charge in [-0.2, -0.15) is 0 Å². The van der Waals surface area contributed by atoms with Gasteiger partial charge >= 0.3 is 5.97 Å². The summed E-state index contributed by atoms with van der Waals surface area (Å²) in [7, 11) is 0. The van der Waals surface area contributed by atoms with Crippen LogP contribution in [0.2, 0.25) is 0 Å². The van der Waals surface area contributed by atoms with Crippen molar-refractivity contribution < 1.29 is 108 Å². The third-order valence-corrected chi connectivity index (χ3v) is 19.3. The lowest BCUT2D eigenvalue weighted by Gasteiger charge is -2.34. The van der Waals surface area contributed by atoms with E-state index in [1.807, 2.05) is 0 Å². The minimum Gasteiger partial charge on any atom is -0.508 e. The third kappa shape index (κ3) is 30.9. The Morgan fingerprint density at radius 1 is 0.596 bits per heavy atom. The molecule has 5 unspecified atom stereocenters. The number of aliphatic imine (C=N–C) groups is 1. The van der Waals surface area contributed by atoms with E-state index in [9.17, 15) is 103 Å². The number of carbonyl (C=O) groups excluding carboxylic acids is 13. The number of aliphatic hydroxyl groups is 7. The molecule has 1 aromatic rings. The van der Waals surface area contributed by atoms with Crippen LogP contribution in [0.25, 0.3) is 0 Å². The molecular weight excluding hydrogens is 1430 g/mol. The number of amides is 12. The second-order valence-electron chi connectivity index (χ2n) is 29.0. The van der Waals surface area contributed by atoms with Crippen molar-refractivity contribution in [3.8, 4) is 5.75 Å². The lowest BCUT2D eigenvalue weighted by molar-refractivity contribution is -0.155. The van der Waals surface area contributed by atoms with Gasteiger partial charge in [0.05, 0.1) is 74.5 Å². The molecule has 614 valence electrons. The molecule has 0 radical (unpaired) electrons. The van der Waals surface area contributed by atoms with Crippen molar-refractivity contribution in [3.05, 3.63) is 29.8 Å². The number of hydrogen-bond donors (Lipinski definition) is 20. The molecule has 3 aliphatic rings. The highest BCUT2D eigenvalue weighted by atomic mass is 16.5. The van der Waals surface area contributed by atoms with Gasteiger partial charge in [0.2, 0.25) is 70.9 Å². The number of ether oxygens (including phenoxy) is 1. The molecule has 0 spiro atoms. The maximum absolute atomic E-state index is 14.6. The number of cyclic esters (lactones) is 1. The van der Waals surface area contributed by atoms with Gasteiger partial charge in [-0.25, -0.2) is 4.79 Å². The molecule has 109 heavy (non-hydrogen) atoms. The molecule has 3 heterocycles. The monoisotopic (exact) mass is 1550 g/mol. The zero-order chi connectivity index (χ0) is 81.4. The van der Waals surface area contributed by atoms with E-state index in [4.69, 9.17) is 16.2 Å². The summed E-state index contributed by atoms with van der Waals surface area (Å²) in [6, 6.07) is -12.6. The summed E-state index contributed by atoms with van der Waals surface area (Å²) in [5, 5.41) is 112. The van der Waals surface area contributed by atoms with Gasteiger partial charge in [0, 0.05) is 38.6 Å². The van der Waals surface area contributed by atoms with Crippen molar-refractivity contribution in [3.63, 3.8) is 0 Å². The summed E-state index contributed by atoms with van der Waals surface area (Å²) in [5.41, 5.74) is 11.3. The largest absolute Gasteiger partial charge is 0.508 e. The topological polar surface area (TPSA) is 584 Å². The number of rotatable bonds is 26. The number of nitrogens with two attached hydrogens (primary N) is 2. The highest BCUT2D eigenvalue weighted by Crippen LogP contribution is 2.25. The van der Waals surface area contributed by atoms with E-state index in [1.54, 1.807) is 13.8 Å². The Hall–Kier alpha value is -8.72. The first kappa shape index (κ1) is 92.7. The van der Waals surface area contributed by atoms with Crippen LogP contribution in [0.3, 0.4) is 0 Å². The Morgan fingerprint density at radius 3 is 1.70 bits per heavy atom. The Balaban J connectivity index is 1.80. The molecule has 19 atom stereocenters. The van der Waals surface area contributed by atoms with Gasteiger partial charge in [0.15, 0.2) is 0 Å². The highest BCUT2D eigenvalue weighted by molar-refractivity contribution is 5.99. The fourth-order valence-electron chi connectivity index (χ4n) is 13.0. The quantitative estimate of drug-likeness (QED) is 0.0179. The first-order valence-electron chi connectivity index (χ1n) is 37.7. The van der Waals surface area contributed by atoms with Crippen LogP contribution in [0.1, 0.15) is 177 Å². The van der Waals surface area contributed by atoms with E-state index < -0.39 is 224 Å². The van der Waals surface area contributed by atoms with Crippen LogP contribution in [0.4, 0.5) is 0 Å². The van der Waals surface area contributed by atoms with Gasteiger partial charge in [-0.05, 0) is 96.8 Å². The molecule has 4 rings (SSSR count). The van der Waals surface area contributed by atoms with Crippen LogP contribution in [-0.2, 0) is 73.5 Å². The SMILES string of the molecule is CCCCCCCCCCCCC[C@@H]1CC(=O)N[C@@H](C(C)O)C(=O)N[C@@H](C)C(=O)N[C@@H](Cc2ccc(O)cc2)C(=O)N[C@@H](C(C)C)CN2C[C@@H](O)CC2C(=O)N[C@@H](C(C)O)C(=O)N[C@@H](C(C)O)C(=O)N2CC[C@H](O)[C@H]2C(=O)N[C@@H]([C@H](O)CC(N)=O)C(=O)NCC(=O)N[C@H]([C@@H](C)O)C(=O)NC(CCCN=CN)C(=O)O1. The first-order valence-corrected chi connectivity index (χ1v) is 37.7. The molecule has 0 saturated carbocycles. The second-order valence-corrected chi connectivity index (χ2v) is 29.0. The number of unbranched alkanes of at least 4 members (excludes halogenated alkanes) is 10. The number of fused-ring (bicyclic) bond motifs is 2. The number of phenols is 1. The first-order chi connectivity index (χ1) is 51.5. The average molecular weight is 1550 g/mol. The number of carbonyl (C=O) groups is 13. The van der Waals surface area contributed by atoms with E-state index in [-0.39, 0.29) is 63.9 Å². The number of aliphatic hydroxyl groups excluding tert-OH is 7. The van der Waals surface area contributed by atoms with Gasteiger partial charge < -0.3 is 115 Å². The normalized spacial score (nSPS) is 28.2. The highest BCUT2D eigenvalue weighted by Gasteiger charge is 2.48. The predicted molar refractivity (Wildman–Crippen MR) is 394 cm³/mol. The van der Waals surface area contributed by atoms with Gasteiger partial charge in [-0.1, -0.05) is 97.1 Å². The van der Waals surface area contributed by atoms with Crippen LogP contribution in [0.5, 0.6) is 5.75 Å². The van der Waals surface area contributed by atoms with Crippen LogP contribution in [0.15, 0.2) is 29.3 Å². The summed E-state index contributed by atoms with van der Waals surface area (Å²) in [6.45, 7) is 9.58. The lowest BCUT2D eigenvalue weighted by atomic mass is 10.00. The number of esters is 1. The number of aromatic hydroxyl groups is 1. The smallest absolute Gasteiger partial charge is 0.328 e. The minimum absolute atomic E-state index is 0.0337. The Labute approximate surface area is 635 Å². The van der Waals surface area contributed by atoms with Crippen LogP contribution in [0, 0.1) is 5.92 Å². The van der Waals surface area contributed by atoms with E-state index >= 15 is 0 Å². The van der Waals surface area contributed by atoms with Crippen molar-refractivity contribution in [2.45, 2.75) is 293 Å². The average Bonchev–Trinajstić information content (AvgIpc) is 1.69. The fraction of sp³-hybridized carbons (Fsp3) is 0.722. The summed E-state index contributed by atoms with van der Waals surface area (Å²) in [6.07, 6.45) is -4.10. The van der Waals surface area contributed by atoms with E-state index in [0.717, 1.165) is 83.4 Å². The molecular formula is C72H119N15O22. The summed E-state index contributed by atoms with van der Waals surface area (Å²) in [4.78, 5) is 189. The van der Waals surface area contributed by atoms with Gasteiger partial charge in [0.25, 0.3) is 0 Å². The lowest BCUT2D eigenvalue weighted by Crippen LogP contribution is -2.64. The van der Waals surface area contributed by atoms with Crippen LogP contribution in [-0.4, -0.2) is 282 Å². The maximum Gasteiger partial charge on any atom is 0.328 e. The molecule has 0 aromatic heterocycles. The Kier molecular flexibility index (Phi) is 39.7. The van der Waals surface area contributed by atoms with Crippen molar-refractivity contribution in [1.29, 1.82) is 0 Å². The molecule has 22 N–H and O–H groups in total. The number of phenolic OH excluding ortho intramolecular Hbond substituents is 1. The van der Waals surface area contributed by atoms with Crippen molar-refractivity contribution >= 4 is 83.2 Å². The van der Waals surface area contributed by atoms with Gasteiger partial charge in [0.1, 0.15) is 66.2 Å². The molecule has 0 aliphatic carbocycles. The number of nitrogens with one attached hydrogen (secondary N) is 10. The Morgan fingerprint density at radius 2 is 1.13 bits per heavy atom. The molecule has 0 bridgehead atoms. The van der Waals surface area contributed by atoms with Crippen molar-refractivity contribution in [2.75, 3.05) is 32.7 Å². The third-order valence-electron chi connectivity index (χ3n) is 19.3. The van der Waals surface area contributed by atoms with E-state index in [0.29, 0.717) is 18.4 Å². The second kappa shape index (κ2) is 46.7. The molecule has 3 aliphatic heterocycles. The molecule has 12 amide bonds. The van der Waals surface area contributed by atoms with Crippen molar-refractivity contribution in [2.24, 2.45) is 22.4 Å². The van der Waals surface area contributed by atoms with Crippen LogP contribution < -0.4 is 64.6 Å². The number of primary amides is 1. The minimum atomic E-state index is -2.20. The Bertz CT molecular complexity index is 3200. The predicted octanol–water partition coefficient (Wildman–Crippen LogP) is -4.97. The zero-order valence-electron chi connectivity index (χ0n) is 63.7. The number of benzene rings is 1. The number of hydrogen-bond acceptors (Lipinski definition) is 24. The van der Waals surface area contributed by atoms with E-state index in [1.165, 1.54) is 49.4 Å². The van der Waals surface area contributed by atoms with Gasteiger partial charge in [-0.3, -0.25) is 67.4 Å².